The molecule has 0 radical (unpaired) electrons. The van der Waals surface area contributed by atoms with E-state index in [2.05, 4.69) is 44.3 Å². The van der Waals surface area contributed by atoms with Crippen LogP contribution in [-0.2, 0) is 30.2 Å². The quantitative estimate of drug-likeness (QED) is 0.0970. The van der Waals surface area contributed by atoms with E-state index in [1.165, 1.54) is 37.7 Å². The largest absolute Gasteiger partial charge is 0.462 e. The smallest absolute Gasteiger partial charge is 0.335 e. The first-order chi connectivity index (χ1) is 17.4. The summed E-state index contributed by atoms with van der Waals surface area (Å²) in [6, 6.07) is 8.58. The first-order valence-corrected chi connectivity index (χ1v) is 12.8. The first-order valence-electron chi connectivity index (χ1n) is 12.8. The van der Waals surface area contributed by atoms with E-state index in [-0.39, 0.29) is 30.3 Å². The van der Waals surface area contributed by atoms with E-state index in [1.807, 2.05) is 0 Å². The molecule has 0 aromatic heterocycles. The van der Waals surface area contributed by atoms with Gasteiger partial charge in [0.2, 0.25) is 0 Å². The van der Waals surface area contributed by atoms with Crippen LogP contribution in [0.2, 0.25) is 0 Å². The van der Waals surface area contributed by atoms with Gasteiger partial charge in [0, 0.05) is 11.5 Å². The molecule has 2 unspecified atom stereocenters. The lowest BCUT2D eigenvalue weighted by Gasteiger charge is -2.34. The Hall–Kier alpha value is -2.07. The molecule has 0 bridgehead atoms. The standard InChI is InChI=1S/C28H42O8/c1-4-5-6-7-8-9-22-10-12-23(13-11-22)24-16-35-28(36-17-24)25(18-33-26(31)20(2)14-29)19-34-27(32)21(3)15-30/h10-13,24-26,28-31H,2-9,14-19H2,1H3. The van der Waals surface area contributed by atoms with Crippen LogP contribution in [0.5, 0.6) is 0 Å². The highest BCUT2D eigenvalue weighted by atomic mass is 16.7. The lowest BCUT2D eigenvalue weighted by molar-refractivity contribution is -0.233. The number of unbranched alkanes of at least 4 members (excludes halogenated alkanes) is 4. The van der Waals surface area contributed by atoms with Crippen LogP contribution < -0.4 is 0 Å². The predicted molar refractivity (Wildman–Crippen MR) is 136 cm³/mol. The summed E-state index contributed by atoms with van der Waals surface area (Å²) in [6.45, 7) is 8.92. The number of ether oxygens (including phenoxy) is 4. The van der Waals surface area contributed by atoms with Gasteiger partial charge in [-0.05, 0) is 24.0 Å². The Morgan fingerprint density at radius 2 is 1.69 bits per heavy atom. The van der Waals surface area contributed by atoms with Crippen molar-refractivity contribution in [1.82, 2.24) is 0 Å². The van der Waals surface area contributed by atoms with Gasteiger partial charge in [0.05, 0.1) is 44.5 Å². The number of aryl methyl sites for hydroxylation is 1. The van der Waals surface area contributed by atoms with Gasteiger partial charge in [0.1, 0.15) is 6.61 Å². The molecule has 3 N–H and O–H groups in total. The van der Waals surface area contributed by atoms with E-state index in [0.717, 1.165) is 12.0 Å². The minimum atomic E-state index is -1.37. The zero-order valence-corrected chi connectivity index (χ0v) is 21.4. The third-order valence-corrected chi connectivity index (χ3v) is 6.26. The van der Waals surface area contributed by atoms with Crippen molar-refractivity contribution in [3.63, 3.8) is 0 Å². The molecule has 2 rings (SSSR count). The van der Waals surface area contributed by atoms with Crippen molar-refractivity contribution < 1.29 is 39.1 Å². The van der Waals surface area contributed by atoms with Gasteiger partial charge < -0.3 is 34.3 Å². The zero-order valence-electron chi connectivity index (χ0n) is 21.4. The van der Waals surface area contributed by atoms with E-state index in [9.17, 15) is 9.90 Å². The maximum absolute atomic E-state index is 11.9. The highest BCUT2D eigenvalue weighted by molar-refractivity contribution is 5.87. The molecule has 8 nitrogen and oxygen atoms in total. The molecule has 1 heterocycles. The molecule has 1 aliphatic heterocycles. The van der Waals surface area contributed by atoms with Crippen molar-refractivity contribution in [1.29, 1.82) is 0 Å². The maximum Gasteiger partial charge on any atom is 0.335 e. The van der Waals surface area contributed by atoms with Gasteiger partial charge in [-0.25, -0.2) is 4.79 Å². The van der Waals surface area contributed by atoms with Gasteiger partial charge >= 0.3 is 5.97 Å². The van der Waals surface area contributed by atoms with E-state index in [0.29, 0.717) is 13.2 Å². The fourth-order valence-corrected chi connectivity index (χ4v) is 3.84. The highest BCUT2D eigenvalue weighted by Crippen LogP contribution is 2.27. The number of esters is 1. The Balaban J connectivity index is 1.89. The summed E-state index contributed by atoms with van der Waals surface area (Å²) in [4.78, 5) is 11.9. The highest BCUT2D eigenvalue weighted by Gasteiger charge is 2.32. The van der Waals surface area contributed by atoms with Crippen LogP contribution in [0, 0.1) is 5.92 Å². The number of aliphatic hydroxyl groups excluding tert-OH is 3. The fraction of sp³-hybridized carbons (Fsp3) is 0.607. The molecule has 0 spiro atoms. The van der Waals surface area contributed by atoms with Crippen molar-refractivity contribution >= 4 is 5.97 Å². The SMILES string of the molecule is C=C(CO)C(=O)OCC(COC(O)C(=C)CO)C1OCC(c2ccc(CCCCCCC)cc2)CO1. The van der Waals surface area contributed by atoms with Gasteiger partial charge in [-0.2, -0.15) is 0 Å². The van der Waals surface area contributed by atoms with Gasteiger partial charge in [-0.1, -0.05) is 70.0 Å². The monoisotopic (exact) mass is 506 g/mol. The zero-order chi connectivity index (χ0) is 26.3. The Kier molecular flexibility index (Phi) is 13.9. The maximum atomic E-state index is 11.9. The predicted octanol–water partition coefficient (Wildman–Crippen LogP) is 3.25. The van der Waals surface area contributed by atoms with E-state index < -0.39 is 37.7 Å². The summed E-state index contributed by atoms with van der Waals surface area (Å²) >= 11 is 0. The van der Waals surface area contributed by atoms with E-state index >= 15 is 0 Å². The minimum Gasteiger partial charge on any atom is -0.462 e. The van der Waals surface area contributed by atoms with Crippen molar-refractivity contribution in [2.24, 2.45) is 5.92 Å². The summed E-state index contributed by atoms with van der Waals surface area (Å²) < 4.78 is 22.5. The topological polar surface area (TPSA) is 115 Å². The first kappa shape index (κ1) is 30.2. The average Bonchev–Trinajstić information content (AvgIpc) is 2.92. The van der Waals surface area contributed by atoms with Crippen LogP contribution in [0.3, 0.4) is 0 Å². The van der Waals surface area contributed by atoms with Crippen LogP contribution in [0.25, 0.3) is 0 Å². The van der Waals surface area contributed by atoms with Crippen LogP contribution in [-0.4, -0.2) is 73.5 Å². The minimum absolute atomic E-state index is 0.0675. The van der Waals surface area contributed by atoms with Gasteiger partial charge in [0.25, 0.3) is 0 Å². The summed E-state index contributed by atoms with van der Waals surface area (Å²) in [5, 5.41) is 28.1. The molecule has 202 valence electrons. The fourth-order valence-electron chi connectivity index (χ4n) is 3.84. The molecule has 0 amide bonds. The third kappa shape index (κ3) is 10.1. The van der Waals surface area contributed by atoms with E-state index in [4.69, 9.17) is 29.2 Å². The molecule has 1 aromatic rings. The summed E-state index contributed by atoms with van der Waals surface area (Å²) in [5.74, 6) is -1.22. The molecule has 0 saturated carbocycles. The number of benzene rings is 1. The second-order valence-corrected chi connectivity index (χ2v) is 9.26. The number of carbonyl (C=O) groups excluding carboxylic acids is 1. The normalized spacial score (nSPS) is 19.4. The molecule has 1 saturated heterocycles. The molecule has 1 fully saturated rings. The molecule has 8 heteroatoms. The third-order valence-electron chi connectivity index (χ3n) is 6.26. The molecule has 36 heavy (non-hydrogen) atoms. The van der Waals surface area contributed by atoms with Crippen LogP contribution in [0.1, 0.15) is 56.1 Å². The number of hydrogen-bond acceptors (Lipinski definition) is 8. The summed E-state index contributed by atoms with van der Waals surface area (Å²) in [6.07, 6.45) is 5.30. The Bertz CT molecular complexity index is 798. The van der Waals surface area contributed by atoms with Gasteiger partial charge in [-0.3, -0.25) is 0 Å². The molecule has 2 atom stereocenters. The Morgan fingerprint density at radius 3 is 2.31 bits per heavy atom. The van der Waals surface area contributed by atoms with Crippen LogP contribution >= 0.6 is 0 Å². The van der Waals surface area contributed by atoms with Gasteiger partial charge in [-0.15, -0.1) is 0 Å². The van der Waals surface area contributed by atoms with Gasteiger partial charge in [0.15, 0.2) is 12.6 Å². The second kappa shape index (κ2) is 16.6. The van der Waals surface area contributed by atoms with Crippen LogP contribution in [0.15, 0.2) is 48.6 Å². The lowest BCUT2D eigenvalue weighted by atomic mass is 9.97. The van der Waals surface area contributed by atoms with Crippen molar-refractivity contribution in [2.75, 3.05) is 39.6 Å². The molecular formula is C28H42O8. The molecular weight excluding hydrogens is 464 g/mol. The molecule has 0 aliphatic carbocycles. The second-order valence-electron chi connectivity index (χ2n) is 9.26. The van der Waals surface area contributed by atoms with Crippen LogP contribution in [0.4, 0.5) is 0 Å². The summed E-state index contributed by atoms with van der Waals surface area (Å²) in [7, 11) is 0. The molecule has 1 aliphatic rings. The lowest BCUT2D eigenvalue weighted by Crippen LogP contribution is -2.41. The summed E-state index contributed by atoms with van der Waals surface area (Å²) in [5.41, 5.74) is 2.50. The Labute approximate surface area is 214 Å². The number of aliphatic hydroxyl groups is 3. The number of hydrogen-bond donors (Lipinski definition) is 3. The van der Waals surface area contributed by atoms with Crippen molar-refractivity contribution in [3.8, 4) is 0 Å². The van der Waals surface area contributed by atoms with Crippen molar-refractivity contribution in [2.45, 2.75) is 63.9 Å². The average molecular weight is 507 g/mol. The van der Waals surface area contributed by atoms with Crippen molar-refractivity contribution in [3.05, 3.63) is 59.7 Å². The number of rotatable bonds is 17. The molecule has 1 aromatic carbocycles. The number of carbonyl (C=O) groups is 1. The van der Waals surface area contributed by atoms with E-state index in [1.54, 1.807) is 0 Å². The Morgan fingerprint density at radius 1 is 1.03 bits per heavy atom.